The van der Waals surface area contributed by atoms with Crippen LogP contribution < -0.4 is 138 Å². The third-order valence-electron chi connectivity index (χ3n) is 0.200. The average Bonchev–Trinajstić information content (AvgIpc) is 1.14. The number of hydrogen-bond acceptors (Lipinski definition) is 7. The summed E-state index contributed by atoms with van der Waals surface area (Å²) in [6.45, 7) is 0. The minimum Gasteiger partial charge on any atom is -0.790 e. The summed E-state index contributed by atoms with van der Waals surface area (Å²) in [5.74, 6) is 0. The van der Waals surface area contributed by atoms with Crippen LogP contribution in [0.15, 0.2) is 0 Å². The first kappa shape index (κ1) is 143. The maximum atomic E-state index is 9.32. The Morgan fingerprint density at radius 1 is 0.417 bits per heavy atom. The van der Waals surface area contributed by atoms with E-state index in [1.807, 2.05) is 0 Å². The molecule has 144 valence electrons. The van der Waals surface area contributed by atoms with Crippen molar-refractivity contribution in [3.8, 4) is 0 Å². The molecule has 22 N–H and O–H groups in total. The third kappa shape index (κ3) is 165. The van der Waals surface area contributed by atoms with Gasteiger partial charge in [0.25, 0.3) is 0 Å². The van der Waals surface area contributed by atoms with E-state index in [0.29, 0.717) is 0 Å². The maximum absolute atomic E-state index is 9.32. The number of hydrogen-bond donors (Lipinski definition) is 0. The molecule has 0 aliphatic rings. The van der Waals surface area contributed by atoms with E-state index in [1.165, 1.54) is 0 Å². The van der Waals surface area contributed by atoms with Crippen molar-refractivity contribution in [1.82, 2.24) is 0 Å². The molecule has 0 aromatic carbocycles. The largest absolute Gasteiger partial charge is 1.00 e. The number of rotatable bonds is 2. The van der Waals surface area contributed by atoms with Crippen molar-refractivity contribution in [2.24, 2.45) is 0 Å². The van der Waals surface area contributed by atoms with E-state index < -0.39 is 15.6 Å². The van der Waals surface area contributed by atoms with Crippen LogP contribution in [0.3, 0.4) is 0 Å². The van der Waals surface area contributed by atoms with Crippen LogP contribution in [-0.2, 0) is 13.4 Å². The summed E-state index contributed by atoms with van der Waals surface area (Å²) in [5, 5.41) is 0. The molecular weight excluding hydrogens is 442 g/mol. The third-order valence-corrected chi connectivity index (χ3v) is 1.80. The second-order valence-corrected chi connectivity index (χ2v) is 3.42. The number of phosphoric acid groups is 2. The first-order valence-electron chi connectivity index (χ1n) is 1.46. The molecule has 18 nitrogen and oxygen atoms in total. The van der Waals surface area contributed by atoms with Gasteiger partial charge in [0.1, 0.15) is 0 Å². The molecule has 0 amide bonds. The van der Waals surface area contributed by atoms with E-state index in [-0.39, 0.29) is 178 Å². The van der Waals surface area contributed by atoms with Crippen LogP contribution >= 0.6 is 15.6 Å². The quantitative estimate of drug-likeness (QED) is 0.280. The zero-order chi connectivity index (χ0) is 7.71. The predicted molar refractivity (Wildman–Crippen MR) is 56.0 cm³/mol. The maximum Gasteiger partial charge on any atom is 1.00 e. The Kier molecular flexibility index (Phi) is 377. The molecule has 0 fully saturated rings. The predicted octanol–water partition coefficient (Wildman–Crippen LogP) is -24.4. The molecule has 0 radical (unpaired) electrons. The Morgan fingerprint density at radius 3 is 0.500 bits per heavy atom. The normalized spacial score (nSPS) is 5.17. The van der Waals surface area contributed by atoms with Crippen molar-refractivity contribution in [2.45, 2.75) is 0 Å². The molecule has 0 spiro atoms. The molecule has 0 saturated heterocycles. The van der Waals surface area contributed by atoms with Crippen molar-refractivity contribution in [3.63, 3.8) is 0 Å². The van der Waals surface area contributed by atoms with Crippen LogP contribution in [0.5, 0.6) is 0 Å². The Bertz CT molecular complexity index is 165. The fourth-order valence-corrected chi connectivity index (χ4v) is 1.10. The van der Waals surface area contributed by atoms with E-state index in [9.17, 15) is 28.7 Å². The summed E-state index contributed by atoms with van der Waals surface area (Å²) in [6, 6.07) is 0. The Morgan fingerprint density at radius 2 is 0.500 bits per heavy atom. The molecule has 24 heavy (non-hydrogen) atoms. The molecule has 0 aromatic heterocycles. The van der Waals surface area contributed by atoms with Gasteiger partial charge in [-0.2, -0.15) is 0 Å². The van der Waals surface area contributed by atoms with Gasteiger partial charge in [-0.3, -0.25) is 0 Å². The van der Waals surface area contributed by atoms with Gasteiger partial charge in [0.15, 0.2) is 0 Å². The van der Waals surface area contributed by atoms with Crippen molar-refractivity contribution in [2.75, 3.05) is 0 Å². The molecule has 0 atom stereocenters. The van der Waals surface area contributed by atoms with E-state index in [0.717, 1.165) is 0 Å². The van der Waals surface area contributed by atoms with Gasteiger partial charge < -0.3 is 93.3 Å². The minimum absolute atomic E-state index is 0. The fourth-order valence-electron chi connectivity index (χ4n) is 0.122. The first-order chi connectivity index (χ1) is 3.71. The van der Waals surface area contributed by atoms with Crippen molar-refractivity contribution >= 4 is 15.6 Å². The summed E-state index contributed by atoms with van der Waals surface area (Å²) in [4.78, 5) is 37.3. The standard InChI is InChI=1S/4Na.H4O7P2.11H2O/c;;;;1-8(2,3)7-9(4,5)6;;;;;;;;;;;/h;;;;(H2,1,2,3)(H2,4,5,6);11*1H2/q4*+1;;;;;;;;;;;;/p-4. The SMILES string of the molecule is O.O.O.O.O.O.O.O.O.O.O.O=P([O-])([O-])OP(=O)([O-])[O-].[Na+].[Na+].[Na+].[Na+]. The van der Waals surface area contributed by atoms with Crippen LogP contribution in [0.2, 0.25) is 0 Å². The van der Waals surface area contributed by atoms with Gasteiger partial charge in [-0.05, 0) is 0 Å². The molecule has 0 aromatic rings. The molecule has 0 rings (SSSR count). The summed E-state index contributed by atoms with van der Waals surface area (Å²) in [7, 11) is -11.4. The van der Waals surface area contributed by atoms with Crippen LogP contribution in [0.4, 0.5) is 0 Å². The van der Waals surface area contributed by atoms with Crippen LogP contribution in [0.25, 0.3) is 0 Å². The van der Waals surface area contributed by atoms with E-state index in [1.54, 1.807) is 0 Å². The molecular formula is H22Na4O18P2. The Hall–Kier alpha value is 3.82. The second-order valence-electron chi connectivity index (χ2n) is 0.976. The minimum atomic E-state index is -5.68. The van der Waals surface area contributed by atoms with Crippen molar-refractivity contribution in [3.05, 3.63) is 0 Å². The van der Waals surface area contributed by atoms with E-state index >= 15 is 0 Å². The average molecular weight is 464 g/mol. The Balaban J connectivity index is -0.00000000305. The monoisotopic (exact) mass is 464 g/mol. The molecule has 0 saturated carbocycles. The summed E-state index contributed by atoms with van der Waals surface area (Å²) in [6.07, 6.45) is 0. The van der Waals surface area contributed by atoms with E-state index in [4.69, 9.17) is 0 Å². The zero-order valence-corrected chi connectivity index (χ0v) is 23.0. The summed E-state index contributed by atoms with van der Waals surface area (Å²) < 4.78 is 21.2. The molecule has 0 unspecified atom stereocenters. The second kappa shape index (κ2) is 63.2. The van der Waals surface area contributed by atoms with Gasteiger partial charge in [0.05, 0.1) is 15.6 Å². The summed E-state index contributed by atoms with van der Waals surface area (Å²) in [5.41, 5.74) is 0. The van der Waals surface area contributed by atoms with Gasteiger partial charge in [0, 0.05) is 0 Å². The van der Waals surface area contributed by atoms with Gasteiger partial charge in [-0.25, -0.2) is 0 Å². The van der Waals surface area contributed by atoms with E-state index in [2.05, 4.69) is 4.31 Å². The van der Waals surface area contributed by atoms with Gasteiger partial charge in [-0.1, -0.05) is 0 Å². The Labute approximate surface area is 224 Å². The van der Waals surface area contributed by atoms with Crippen LogP contribution in [0.1, 0.15) is 0 Å². The molecule has 0 heterocycles. The van der Waals surface area contributed by atoms with Crippen LogP contribution in [-0.4, -0.2) is 60.2 Å². The van der Waals surface area contributed by atoms with Crippen LogP contribution in [0, 0.1) is 0 Å². The molecule has 0 aliphatic carbocycles. The summed E-state index contributed by atoms with van der Waals surface area (Å²) >= 11 is 0. The van der Waals surface area contributed by atoms with Gasteiger partial charge >= 0.3 is 118 Å². The van der Waals surface area contributed by atoms with Crippen molar-refractivity contribution in [1.29, 1.82) is 0 Å². The molecule has 0 aliphatic heterocycles. The first-order valence-corrected chi connectivity index (χ1v) is 4.38. The fraction of sp³-hybridized carbons (Fsp3) is 0. The molecule has 24 heteroatoms. The molecule has 0 bridgehead atoms. The topological polar surface area (TPSA) is 482 Å². The van der Waals surface area contributed by atoms with Gasteiger partial charge in [0.2, 0.25) is 0 Å². The smallest absolute Gasteiger partial charge is 0.790 e. The van der Waals surface area contributed by atoms with Gasteiger partial charge in [-0.15, -0.1) is 0 Å². The zero-order valence-electron chi connectivity index (χ0n) is 13.3. The van der Waals surface area contributed by atoms with Crippen molar-refractivity contribution < 1.29 is 211 Å².